The van der Waals surface area contributed by atoms with Gasteiger partial charge in [-0.25, -0.2) is 4.39 Å². The molecule has 1 unspecified atom stereocenters. The van der Waals surface area contributed by atoms with Gasteiger partial charge >= 0.3 is 0 Å². The molecule has 0 amide bonds. The van der Waals surface area contributed by atoms with Gasteiger partial charge in [-0.3, -0.25) is 11.3 Å². The molecule has 0 spiro atoms. The first-order valence-corrected chi connectivity index (χ1v) is 6.66. The summed E-state index contributed by atoms with van der Waals surface area (Å²) in [6.07, 6.45) is 1.53. The van der Waals surface area contributed by atoms with Crippen LogP contribution in [-0.2, 0) is 6.42 Å². The molecule has 3 nitrogen and oxygen atoms in total. The summed E-state index contributed by atoms with van der Waals surface area (Å²) >= 11 is 0. The predicted molar refractivity (Wildman–Crippen MR) is 77.8 cm³/mol. The lowest BCUT2D eigenvalue weighted by Gasteiger charge is -2.16. The summed E-state index contributed by atoms with van der Waals surface area (Å²) in [5.41, 5.74) is 3.83. The minimum atomic E-state index is -0.224. The van der Waals surface area contributed by atoms with Crippen molar-refractivity contribution in [3.8, 4) is 5.75 Å². The van der Waals surface area contributed by atoms with E-state index in [1.165, 1.54) is 12.1 Å². The summed E-state index contributed by atoms with van der Waals surface area (Å²) in [6, 6.07) is 16.2. The molecule has 1 atom stereocenters. The van der Waals surface area contributed by atoms with Crippen LogP contribution in [0.5, 0.6) is 5.75 Å². The zero-order valence-corrected chi connectivity index (χ0v) is 11.3. The fraction of sp³-hybridized carbons (Fsp3) is 0.250. The van der Waals surface area contributed by atoms with E-state index >= 15 is 0 Å². The van der Waals surface area contributed by atoms with Gasteiger partial charge in [0.2, 0.25) is 0 Å². The molecule has 0 radical (unpaired) electrons. The van der Waals surface area contributed by atoms with Gasteiger partial charge in [0.15, 0.2) is 0 Å². The van der Waals surface area contributed by atoms with E-state index < -0.39 is 0 Å². The summed E-state index contributed by atoms with van der Waals surface area (Å²) in [4.78, 5) is 0. The summed E-state index contributed by atoms with van der Waals surface area (Å²) in [6.45, 7) is 0.583. The molecule has 0 saturated heterocycles. The molecule has 2 rings (SSSR count). The first-order chi connectivity index (χ1) is 9.78. The number of nitrogens with one attached hydrogen (secondary N) is 1. The lowest BCUT2D eigenvalue weighted by atomic mass is 10.0. The number of benzene rings is 2. The van der Waals surface area contributed by atoms with Crippen LogP contribution in [-0.4, -0.2) is 12.6 Å². The maximum atomic E-state index is 12.8. The van der Waals surface area contributed by atoms with Crippen LogP contribution < -0.4 is 16.0 Å². The maximum Gasteiger partial charge on any atom is 0.123 e. The van der Waals surface area contributed by atoms with Crippen LogP contribution in [0.3, 0.4) is 0 Å². The zero-order chi connectivity index (χ0) is 14.2. The van der Waals surface area contributed by atoms with E-state index in [4.69, 9.17) is 10.6 Å². The van der Waals surface area contributed by atoms with Gasteiger partial charge in [-0.15, -0.1) is 0 Å². The topological polar surface area (TPSA) is 47.3 Å². The lowest BCUT2D eigenvalue weighted by molar-refractivity contribution is 0.285. The molecular formula is C16H19FN2O. The zero-order valence-electron chi connectivity index (χ0n) is 11.3. The Morgan fingerprint density at radius 3 is 2.40 bits per heavy atom. The highest BCUT2D eigenvalue weighted by Crippen LogP contribution is 2.11. The largest absolute Gasteiger partial charge is 0.494 e. The Morgan fingerprint density at radius 2 is 1.75 bits per heavy atom. The maximum absolute atomic E-state index is 12.8. The molecule has 3 N–H and O–H groups in total. The third kappa shape index (κ3) is 4.64. The van der Waals surface area contributed by atoms with Crippen LogP contribution in [0.1, 0.15) is 12.0 Å². The Balaban J connectivity index is 1.79. The number of hydrogen-bond acceptors (Lipinski definition) is 3. The third-order valence-electron chi connectivity index (χ3n) is 3.11. The van der Waals surface area contributed by atoms with Crippen molar-refractivity contribution in [3.63, 3.8) is 0 Å². The molecule has 0 bridgehead atoms. The average Bonchev–Trinajstić information content (AvgIpc) is 2.49. The molecule has 4 heteroatoms. The van der Waals surface area contributed by atoms with E-state index in [1.807, 2.05) is 30.3 Å². The van der Waals surface area contributed by atoms with Gasteiger partial charge in [-0.05, 0) is 42.7 Å². The number of nitrogens with two attached hydrogens (primary N) is 1. The second-order valence-corrected chi connectivity index (χ2v) is 4.64. The van der Waals surface area contributed by atoms with Gasteiger partial charge in [-0.2, -0.15) is 0 Å². The predicted octanol–water partition coefficient (Wildman–Crippen LogP) is 2.67. The van der Waals surface area contributed by atoms with E-state index in [1.54, 1.807) is 12.1 Å². The van der Waals surface area contributed by atoms with Crippen LogP contribution in [0.4, 0.5) is 4.39 Å². The van der Waals surface area contributed by atoms with Crippen molar-refractivity contribution in [3.05, 3.63) is 66.0 Å². The summed E-state index contributed by atoms with van der Waals surface area (Å²) in [5, 5.41) is 0. The number of para-hydroxylation sites is 1. The Labute approximate surface area is 118 Å². The van der Waals surface area contributed by atoms with Crippen molar-refractivity contribution < 1.29 is 9.13 Å². The van der Waals surface area contributed by atoms with E-state index in [9.17, 15) is 4.39 Å². The summed E-state index contributed by atoms with van der Waals surface area (Å²) < 4.78 is 18.5. The first-order valence-electron chi connectivity index (χ1n) is 6.66. The molecular weight excluding hydrogens is 255 g/mol. The monoisotopic (exact) mass is 274 g/mol. The minimum absolute atomic E-state index is 0.101. The van der Waals surface area contributed by atoms with Gasteiger partial charge < -0.3 is 4.74 Å². The molecule has 0 aliphatic heterocycles. The SMILES string of the molecule is NNC(CCOc1ccccc1)Cc1ccc(F)cc1. The van der Waals surface area contributed by atoms with Gasteiger partial charge in [-0.1, -0.05) is 30.3 Å². The Hall–Kier alpha value is -1.91. The Kier molecular flexibility index (Phi) is 5.53. The molecule has 0 aliphatic rings. The second-order valence-electron chi connectivity index (χ2n) is 4.64. The molecule has 2 aromatic rings. The number of halogens is 1. The lowest BCUT2D eigenvalue weighted by Crippen LogP contribution is -2.37. The van der Waals surface area contributed by atoms with Crippen LogP contribution >= 0.6 is 0 Å². The van der Waals surface area contributed by atoms with Gasteiger partial charge in [0.25, 0.3) is 0 Å². The summed E-state index contributed by atoms with van der Waals surface area (Å²) in [5.74, 6) is 6.18. The van der Waals surface area contributed by atoms with Crippen molar-refractivity contribution in [1.82, 2.24) is 5.43 Å². The molecule has 0 aliphatic carbocycles. The van der Waals surface area contributed by atoms with E-state index in [2.05, 4.69) is 5.43 Å². The van der Waals surface area contributed by atoms with E-state index in [-0.39, 0.29) is 11.9 Å². The van der Waals surface area contributed by atoms with E-state index in [0.717, 1.165) is 24.2 Å². The number of ether oxygens (including phenoxy) is 1. The standard InChI is InChI=1S/C16H19FN2O/c17-14-8-6-13(7-9-14)12-15(19-18)10-11-20-16-4-2-1-3-5-16/h1-9,15,19H,10-12,18H2. The highest BCUT2D eigenvalue weighted by atomic mass is 19.1. The fourth-order valence-electron chi connectivity index (χ4n) is 1.99. The highest BCUT2D eigenvalue weighted by Gasteiger charge is 2.08. The van der Waals surface area contributed by atoms with Crippen molar-refractivity contribution in [2.24, 2.45) is 5.84 Å². The van der Waals surface area contributed by atoms with Crippen molar-refractivity contribution in [1.29, 1.82) is 0 Å². The molecule has 2 aromatic carbocycles. The first kappa shape index (κ1) is 14.5. The van der Waals surface area contributed by atoms with Crippen molar-refractivity contribution in [2.45, 2.75) is 18.9 Å². The number of hydrazine groups is 1. The smallest absolute Gasteiger partial charge is 0.123 e. The molecule has 0 heterocycles. The third-order valence-corrected chi connectivity index (χ3v) is 3.11. The van der Waals surface area contributed by atoms with Crippen molar-refractivity contribution in [2.75, 3.05) is 6.61 Å². The molecule has 106 valence electrons. The quantitative estimate of drug-likeness (QED) is 0.603. The van der Waals surface area contributed by atoms with Gasteiger partial charge in [0, 0.05) is 6.04 Å². The van der Waals surface area contributed by atoms with Gasteiger partial charge in [0.1, 0.15) is 11.6 Å². The molecule has 0 aromatic heterocycles. The molecule has 0 fully saturated rings. The van der Waals surface area contributed by atoms with E-state index in [0.29, 0.717) is 6.61 Å². The second kappa shape index (κ2) is 7.62. The Morgan fingerprint density at radius 1 is 1.05 bits per heavy atom. The average molecular weight is 274 g/mol. The normalized spacial score (nSPS) is 12.1. The minimum Gasteiger partial charge on any atom is -0.494 e. The van der Waals surface area contributed by atoms with Gasteiger partial charge in [0.05, 0.1) is 6.61 Å². The van der Waals surface area contributed by atoms with Crippen LogP contribution in [0.2, 0.25) is 0 Å². The number of hydrogen-bond donors (Lipinski definition) is 2. The fourth-order valence-corrected chi connectivity index (χ4v) is 1.99. The Bertz CT molecular complexity index is 502. The summed E-state index contributed by atoms with van der Waals surface area (Å²) in [7, 11) is 0. The van der Waals surface area contributed by atoms with Crippen LogP contribution in [0, 0.1) is 5.82 Å². The van der Waals surface area contributed by atoms with Crippen LogP contribution in [0.25, 0.3) is 0 Å². The molecule has 0 saturated carbocycles. The number of rotatable bonds is 7. The van der Waals surface area contributed by atoms with Crippen LogP contribution in [0.15, 0.2) is 54.6 Å². The molecule has 20 heavy (non-hydrogen) atoms. The highest BCUT2D eigenvalue weighted by molar-refractivity contribution is 5.21. The van der Waals surface area contributed by atoms with Crippen molar-refractivity contribution >= 4 is 0 Å².